The van der Waals surface area contributed by atoms with Crippen LogP contribution in [0.25, 0.3) is 0 Å². The number of nitrogens with one attached hydrogen (secondary N) is 2. The van der Waals surface area contributed by atoms with Crippen LogP contribution in [0.4, 0.5) is 4.79 Å². The fourth-order valence-electron chi connectivity index (χ4n) is 3.41. The maximum atomic E-state index is 12.1. The summed E-state index contributed by atoms with van der Waals surface area (Å²) in [7, 11) is 0. The molecule has 1 atom stereocenters. The van der Waals surface area contributed by atoms with Crippen molar-refractivity contribution in [2.45, 2.75) is 19.9 Å². The molecule has 0 spiro atoms. The Bertz CT molecular complexity index is 604. The number of nitrogens with zero attached hydrogens (tertiary/aromatic N) is 2. The fraction of sp³-hybridized carbons (Fsp3) is 0.556. The topological polar surface area (TPSA) is 64.7 Å². The smallest absolute Gasteiger partial charge is 0.317 e. The van der Waals surface area contributed by atoms with Gasteiger partial charge in [-0.15, -0.1) is 0 Å². The molecule has 2 aliphatic heterocycles. The van der Waals surface area contributed by atoms with Crippen molar-refractivity contribution in [1.29, 1.82) is 0 Å². The molecule has 0 aliphatic carbocycles. The zero-order valence-corrected chi connectivity index (χ0v) is 14.3. The highest BCUT2D eigenvalue weighted by atomic mass is 16.2. The van der Waals surface area contributed by atoms with Crippen LogP contribution in [-0.4, -0.2) is 61.0 Å². The number of aryl methyl sites for hydroxylation is 1. The lowest BCUT2D eigenvalue weighted by Crippen LogP contribution is -2.53. The van der Waals surface area contributed by atoms with Gasteiger partial charge in [0.25, 0.3) is 0 Å². The summed E-state index contributed by atoms with van der Waals surface area (Å²) < 4.78 is 0. The molecule has 6 heteroatoms. The molecule has 24 heavy (non-hydrogen) atoms. The van der Waals surface area contributed by atoms with Gasteiger partial charge in [-0.1, -0.05) is 24.3 Å². The van der Waals surface area contributed by atoms with E-state index in [2.05, 4.69) is 46.7 Å². The third-order valence-electron chi connectivity index (χ3n) is 4.89. The molecule has 3 rings (SSSR count). The van der Waals surface area contributed by atoms with Crippen LogP contribution in [0.15, 0.2) is 24.3 Å². The fourth-order valence-corrected chi connectivity index (χ4v) is 3.41. The first-order chi connectivity index (χ1) is 11.6. The third-order valence-corrected chi connectivity index (χ3v) is 4.89. The van der Waals surface area contributed by atoms with Gasteiger partial charge in [0.1, 0.15) is 6.54 Å². The maximum Gasteiger partial charge on any atom is 0.317 e. The second kappa shape index (κ2) is 7.66. The Kier molecular flexibility index (Phi) is 5.35. The molecule has 0 saturated carbocycles. The molecular formula is C18H26N4O2. The first-order valence-corrected chi connectivity index (χ1v) is 8.68. The average molecular weight is 330 g/mol. The third kappa shape index (κ3) is 4.26. The summed E-state index contributed by atoms with van der Waals surface area (Å²) in [5, 5.41) is 5.72. The molecule has 0 unspecified atom stereocenters. The van der Waals surface area contributed by atoms with E-state index in [1.54, 1.807) is 4.90 Å². The molecule has 2 N–H and O–H groups in total. The maximum absolute atomic E-state index is 12.1. The quantitative estimate of drug-likeness (QED) is 0.864. The standard InChI is InChI=1S/C18H26N4O2/c1-14-4-2-3-5-16(14)12-21-8-6-15(11-21)10-20-18(24)22-9-7-19-17(23)13-22/h2-5,15H,6-13H2,1H3,(H,19,23)(H,20,24)/t15-/m0/s1. The van der Waals surface area contributed by atoms with Crippen LogP contribution in [0.5, 0.6) is 0 Å². The van der Waals surface area contributed by atoms with Crippen molar-refractivity contribution in [3.05, 3.63) is 35.4 Å². The molecule has 1 aromatic carbocycles. The van der Waals surface area contributed by atoms with Crippen LogP contribution < -0.4 is 10.6 Å². The number of rotatable bonds is 4. The normalized spacial score (nSPS) is 21.6. The molecule has 2 aliphatic rings. The second-order valence-corrected chi connectivity index (χ2v) is 6.77. The first kappa shape index (κ1) is 16.8. The van der Waals surface area contributed by atoms with Gasteiger partial charge in [-0.25, -0.2) is 4.79 Å². The molecule has 1 aromatic rings. The number of carbonyl (C=O) groups is 2. The van der Waals surface area contributed by atoms with Crippen molar-refractivity contribution in [1.82, 2.24) is 20.4 Å². The monoisotopic (exact) mass is 330 g/mol. The first-order valence-electron chi connectivity index (χ1n) is 8.68. The van der Waals surface area contributed by atoms with Crippen LogP contribution >= 0.6 is 0 Å². The molecule has 0 bridgehead atoms. The van der Waals surface area contributed by atoms with Crippen molar-refractivity contribution in [2.75, 3.05) is 39.3 Å². The van der Waals surface area contributed by atoms with Crippen LogP contribution in [0, 0.1) is 12.8 Å². The van der Waals surface area contributed by atoms with Crippen LogP contribution in [0.2, 0.25) is 0 Å². The van der Waals surface area contributed by atoms with E-state index in [9.17, 15) is 9.59 Å². The summed E-state index contributed by atoms with van der Waals surface area (Å²) >= 11 is 0. The van der Waals surface area contributed by atoms with Gasteiger partial charge in [0.15, 0.2) is 0 Å². The van der Waals surface area contributed by atoms with Gasteiger partial charge in [-0.3, -0.25) is 9.69 Å². The van der Waals surface area contributed by atoms with E-state index in [1.807, 2.05) is 0 Å². The minimum Gasteiger partial charge on any atom is -0.353 e. The van der Waals surface area contributed by atoms with E-state index in [0.29, 0.717) is 25.6 Å². The van der Waals surface area contributed by atoms with E-state index in [0.717, 1.165) is 26.1 Å². The van der Waals surface area contributed by atoms with E-state index >= 15 is 0 Å². The molecule has 6 nitrogen and oxygen atoms in total. The average Bonchev–Trinajstić information content (AvgIpc) is 3.02. The van der Waals surface area contributed by atoms with Gasteiger partial charge >= 0.3 is 6.03 Å². The molecule has 130 valence electrons. The summed E-state index contributed by atoms with van der Waals surface area (Å²) in [4.78, 5) is 27.5. The molecular weight excluding hydrogens is 304 g/mol. The van der Waals surface area contributed by atoms with Gasteiger partial charge in [0.05, 0.1) is 0 Å². The number of piperazine rings is 1. The molecule has 3 amide bonds. The molecule has 0 radical (unpaired) electrons. The lowest BCUT2D eigenvalue weighted by atomic mass is 10.1. The number of carbonyl (C=O) groups excluding carboxylic acids is 2. The highest BCUT2D eigenvalue weighted by Crippen LogP contribution is 2.19. The highest BCUT2D eigenvalue weighted by Gasteiger charge is 2.25. The number of benzene rings is 1. The van der Waals surface area contributed by atoms with E-state index < -0.39 is 0 Å². The summed E-state index contributed by atoms with van der Waals surface area (Å²) in [6, 6.07) is 8.37. The lowest BCUT2D eigenvalue weighted by Gasteiger charge is -2.27. The Balaban J connectivity index is 1.42. The number of hydrogen-bond acceptors (Lipinski definition) is 3. The predicted octanol–water partition coefficient (Wildman–Crippen LogP) is 0.958. The molecule has 2 fully saturated rings. The lowest BCUT2D eigenvalue weighted by molar-refractivity contribution is -0.123. The van der Waals surface area contributed by atoms with Gasteiger partial charge in [-0.05, 0) is 36.9 Å². The molecule has 2 heterocycles. The minimum absolute atomic E-state index is 0.0818. The summed E-state index contributed by atoms with van der Waals surface area (Å²) in [6.45, 7) is 7.18. The van der Waals surface area contributed by atoms with Gasteiger partial charge in [-0.2, -0.15) is 0 Å². The summed E-state index contributed by atoms with van der Waals surface area (Å²) in [6.07, 6.45) is 1.10. The SMILES string of the molecule is Cc1ccccc1CN1CC[C@@H](CNC(=O)N2CCNC(=O)C2)C1. The van der Waals surface area contributed by atoms with Gasteiger partial charge in [0, 0.05) is 32.7 Å². The molecule has 2 saturated heterocycles. The highest BCUT2D eigenvalue weighted by molar-refractivity contribution is 5.85. The number of urea groups is 1. The largest absolute Gasteiger partial charge is 0.353 e. The van der Waals surface area contributed by atoms with Crippen molar-refractivity contribution < 1.29 is 9.59 Å². The van der Waals surface area contributed by atoms with E-state index in [1.165, 1.54) is 11.1 Å². The number of amides is 3. The van der Waals surface area contributed by atoms with Gasteiger partial charge < -0.3 is 15.5 Å². The van der Waals surface area contributed by atoms with Crippen molar-refractivity contribution in [3.8, 4) is 0 Å². The Morgan fingerprint density at radius 1 is 1.33 bits per heavy atom. The van der Waals surface area contributed by atoms with Gasteiger partial charge in [0.2, 0.25) is 5.91 Å². The van der Waals surface area contributed by atoms with E-state index in [4.69, 9.17) is 0 Å². The number of likely N-dealkylation sites (tertiary alicyclic amines) is 1. The number of hydrogen-bond donors (Lipinski definition) is 2. The Morgan fingerprint density at radius 2 is 2.17 bits per heavy atom. The van der Waals surface area contributed by atoms with Crippen molar-refractivity contribution in [3.63, 3.8) is 0 Å². The Morgan fingerprint density at radius 3 is 2.96 bits per heavy atom. The zero-order valence-electron chi connectivity index (χ0n) is 14.3. The predicted molar refractivity (Wildman–Crippen MR) is 92.5 cm³/mol. The van der Waals surface area contributed by atoms with Crippen LogP contribution in [0.3, 0.4) is 0 Å². The summed E-state index contributed by atoms with van der Waals surface area (Å²) in [5.74, 6) is 0.401. The Hall–Kier alpha value is -2.08. The second-order valence-electron chi connectivity index (χ2n) is 6.77. The summed E-state index contributed by atoms with van der Waals surface area (Å²) in [5.41, 5.74) is 2.71. The van der Waals surface area contributed by atoms with Crippen LogP contribution in [-0.2, 0) is 11.3 Å². The van der Waals surface area contributed by atoms with Crippen LogP contribution in [0.1, 0.15) is 17.5 Å². The zero-order chi connectivity index (χ0) is 16.9. The molecule has 0 aromatic heterocycles. The minimum atomic E-state index is -0.123. The Labute approximate surface area is 143 Å². The van der Waals surface area contributed by atoms with Crippen molar-refractivity contribution >= 4 is 11.9 Å². The van der Waals surface area contributed by atoms with Crippen molar-refractivity contribution in [2.24, 2.45) is 5.92 Å². The van der Waals surface area contributed by atoms with E-state index in [-0.39, 0.29) is 18.5 Å².